The van der Waals surface area contributed by atoms with Gasteiger partial charge in [-0.1, -0.05) is 47.5 Å². The number of hydrogen-bond acceptors (Lipinski definition) is 3. The Morgan fingerprint density at radius 2 is 1.85 bits per heavy atom. The first-order valence-electron chi connectivity index (χ1n) is 7.96. The summed E-state index contributed by atoms with van der Waals surface area (Å²) in [7, 11) is 1.71. The summed E-state index contributed by atoms with van der Waals surface area (Å²) in [4.78, 5) is 18.8. The van der Waals surface area contributed by atoms with Crippen molar-refractivity contribution in [1.29, 1.82) is 0 Å². The lowest BCUT2D eigenvalue weighted by Crippen LogP contribution is -2.27. The summed E-state index contributed by atoms with van der Waals surface area (Å²) in [5.41, 5.74) is 9.21. The van der Waals surface area contributed by atoms with Crippen LogP contribution in [0, 0.1) is 0 Å². The predicted octanol–water partition coefficient (Wildman–Crippen LogP) is 4.91. The van der Waals surface area contributed by atoms with E-state index >= 15 is 0 Å². The van der Waals surface area contributed by atoms with Gasteiger partial charge in [0.25, 0.3) is 5.91 Å². The highest BCUT2D eigenvalue weighted by atomic mass is 35.5. The molecule has 132 valence electrons. The zero-order valence-electron chi connectivity index (χ0n) is 14.1. The largest absolute Gasteiger partial charge is 0.399 e. The standard InChI is InChI=1S/C20H17Cl2N3O/c1-25(12-14-8-9-15(21)11-17(14)22)20(26)19-7-3-6-18(24-19)13-4-2-5-16(23)10-13/h2-11H,12,23H2,1H3. The van der Waals surface area contributed by atoms with Crippen molar-refractivity contribution in [2.75, 3.05) is 12.8 Å². The minimum absolute atomic E-state index is 0.193. The van der Waals surface area contributed by atoms with Gasteiger partial charge in [0, 0.05) is 34.9 Å². The molecule has 0 aliphatic carbocycles. The van der Waals surface area contributed by atoms with Crippen LogP contribution >= 0.6 is 23.2 Å². The highest BCUT2D eigenvalue weighted by molar-refractivity contribution is 6.35. The number of pyridine rings is 1. The van der Waals surface area contributed by atoms with Gasteiger partial charge in [-0.2, -0.15) is 0 Å². The molecule has 1 amide bonds. The molecule has 0 bridgehead atoms. The molecule has 0 saturated heterocycles. The maximum atomic E-state index is 12.7. The maximum Gasteiger partial charge on any atom is 0.272 e. The topological polar surface area (TPSA) is 59.2 Å². The van der Waals surface area contributed by atoms with E-state index in [9.17, 15) is 4.79 Å². The van der Waals surface area contributed by atoms with E-state index in [0.29, 0.717) is 33.7 Å². The highest BCUT2D eigenvalue weighted by Crippen LogP contribution is 2.23. The Hall–Kier alpha value is -2.56. The van der Waals surface area contributed by atoms with Crippen molar-refractivity contribution in [3.63, 3.8) is 0 Å². The van der Waals surface area contributed by atoms with Crippen LogP contribution in [0.2, 0.25) is 10.0 Å². The van der Waals surface area contributed by atoms with Crippen molar-refractivity contribution in [1.82, 2.24) is 9.88 Å². The van der Waals surface area contributed by atoms with Crippen LogP contribution in [0.3, 0.4) is 0 Å². The van der Waals surface area contributed by atoms with Gasteiger partial charge >= 0.3 is 0 Å². The van der Waals surface area contributed by atoms with E-state index in [1.165, 1.54) is 0 Å². The lowest BCUT2D eigenvalue weighted by Gasteiger charge is -2.18. The molecule has 0 fully saturated rings. The summed E-state index contributed by atoms with van der Waals surface area (Å²) in [6.07, 6.45) is 0. The average Bonchev–Trinajstić information content (AvgIpc) is 2.63. The average molecular weight is 386 g/mol. The Kier molecular flexibility index (Phi) is 5.45. The first-order valence-corrected chi connectivity index (χ1v) is 8.72. The molecule has 2 aromatic carbocycles. The third-order valence-electron chi connectivity index (χ3n) is 3.92. The number of rotatable bonds is 4. The lowest BCUT2D eigenvalue weighted by molar-refractivity contribution is 0.0779. The first kappa shape index (κ1) is 18.2. The van der Waals surface area contributed by atoms with E-state index in [1.807, 2.05) is 42.5 Å². The number of carbonyl (C=O) groups excluding carboxylic acids is 1. The molecule has 3 rings (SSSR count). The summed E-state index contributed by atoms with van der Waals surface area (Å²) < 4.78 is 0. The van der Waals surface area contributed by atoms with Crippen LogP contribution in [-0.2, 0) is 6.54 Å². The van der Waals surface area contributed by atoms with Crippen molar-refractivity contribution < 1.29 is 4.79 Å². The quantitative estimate of drug-likeness (QED) is 0.649. The molecule has 0 aliphatic rings. The van der Waals surface area contributed by atoms with Crippen LogP contribution in [0.15, 0.2) is 60.7 Å². The second kappa shape index (κ2) is 7.77. The molecule has 26 heavy (non-hydrogen) atoms. The molecule has 0 unspecified atom stereocenters. The number of anilines is 1. The molecule has 0 aliphatic heterocycles. The van der Waals surface area contributed by atoms with Gasteiger partial charge < -0.3 is 10.6 Å². The van der Waals surface area contributed by atoms with Crippen molar-refractivity contribution >= 4 is 34.8 Å². The van der Waals surface area contributed by atoms with Crippen LogP contribution in [-0.4, -0.2) is 22.8 Å². The number of carbonyl (C=O) groups is 1. The smallest absolute Gasteiger partial charge is 0.272 e. The van der Waals surface area contributed by atoms with Gasteiger partial charge in [0.05, 0.1) is 5.69 Å². The summed E-state index contributed by atoms with van der Waals surface area (Å²) in [5, 5.41) is 1.09. The molecular weight excluding hydrogens is 369 g/mol. The van der Waals surface area contributed by atoms with E-state index in [0.717, 1.165) is 11.1 Å². The fourth-order valence-electron chi connectivity index (χ4n) is 2.59. The fourth-order valence-corrected chi connectivity index (χ4v) is 3.05. The third-order valence-corrected chi connectivity index (χ3v) is 4.51. The van der Waals surface area contributed by atoms with E-state index < -0.39 is 0 Å². The summed E-state index contributed by atoms with van der Waals surface area (Å²) in [6, 6.07) is 18.0. The molecular formula is C20H17Cl2N3O. The number of nitrogen functional groups attached to an aromatic ring is 1. The molecule has 0 spiro atoms. The Morgan fingerprint density at radius 1 is 1.08 bits per heavy atom. The van der Waals surface area contributed by atoms with Crippen molar-refractivity contribution in [3.8, 4) is 11.3 Å². The van der Waals surface area contributed by atoms with E-state index in [2.05, 4.69) is 4.98 Å². The van der Waals surface area contributed by atoms with Crippen LogP contribution in [0.25, 0.3) is 11.3 Å². The molecule has 6 heteroatoms. The zero-order chi connectivity index (χ0) is 18.7. The van der Waals surface area contributed by atoms with E-state index in [-0.39, 0.29) is 5.91 Å². The predicted molar refractivity (Wildman–Crippen MR) is 106 cm³/mol. The lowest BCUT2D eigenvalue weighted by atomic mass is 10.1. The summed E-state index contributed by atoms with van der Waals surface area (Å²) >= 11 is 12.1. The van der Waals surface area contributed by atoms with Crippen molar-refractivity contribution in [2.24, 2.45) is 0 Å². The highest BCUT2D eigenvalue weighted by Gasteiger charge is 2.16. The monoisotopic (exact) mass is 385 g/mol. The molecule has 4 nitrogen and oxygen atoms in total. The minimum Gasteiger partial charge on any atom is -0.399 e. The number of aromatic nitrogens is 1. The zero-order valence-corrected chi connectivity index (χ0v) is 15.6. The molecule has 3 aromatic rings. The van der Waals surface area contributed by atoms with Crippen LogP contribution in [0.1, 0.15) is 16.1 Å². The Balaban J connectivity index is 1.82. The number of halogens is 2. The Labute approximate surface area is 162 Å². The Bertz CT molecular complexity index is 959. The van der Waals surface area contributed by atoms with Crippen molar-refractivity contribution in [2.45, 2.75) is 6.54 Å². The third kappa shape index (κ3) is 4.15. The molecule has 0 radical (unpaired) electrons. The molecule has 1 aromatic heterocycles. The summed E-state index contributed by atoms with van der Waals surface area (Å²) in [5.74, 6) is -0.193. The Morgan fingerprint density at radius 3 is 2.58 bits per heavy atom. The van der Waals surface area contributed by atoms with Gasteiger partial charge in [-0.25, -0.2) is 4.98 Å². The number of hydrogen-bond donors (Lipinski definition) is 1. The first-order chi connectivity index (χ1) is 12.4. The van der Waals surface area contributed by atoms with Crippen molar-refractivity contribution in [3.05, 3.63) is 82.0 Å². The van der Waals surface area contributed by atoms with Gasteiger partial charge in [0.15, 0.2) is 0 Å². The number of amides is 1. The molecule has 0 atom stereocenters. The number of nitrogens with two attached hydrogens (primary N) is 1. The van der Waals surface area contributed by atoms with Gasteiger partial charge in [0.1, 0.15) is 5.69 Å². The number of benzene rings is 2. The number of nitrogens with zero attached hydrogens (tertiary/aromatic N) is 2. The van der Waals surface area contributed by atoms with E-state index in [1.54, 1.807) is 30.1 Å². The van der Waals surface area contributed by atoms with Gasteiger partial charge in [0.2, 0.25) is 0 Å². The normalized spacial score (nSPS) is 10.6. The van der Waals surface area contributed by atoms with Gasteiger partial charge in [-0.05, 0) is 42.0 Å². The van der Waals surface area contributed by atoms with Gasteiger partial charge in [-0.3, -0.25) is 4.79 Å². The van der Waals surface area contributed by atoms with Gasteiger partial charge in [-0.15, -0.1) is 0 Å². The SMILES string of the molecule is CN(Cc1ccc(Cl)cc1Cl)C(=O)c1cccc(-c2cccc(N)c2)n1. The van der Waals surface area contributed by atoms with E-state index in [4.69, 9.17) is 28.9 Å². The fraction of sp³-hybridized carbons (Fsp3) is 0.100. The molecule has 1 heterocycles. The van der Waals surface area contributed by atoms with Crippen LogP contribution in [0.5, 0.6) is 0 Å². The molecule has 2 N–H and O–H groups in total. The second-order valence-electron chi connectivity index (χ2n) is 5.93. The second-order valence-corrected chi connectivity index (χ2v) is 6.77. The summed E-state index contributed by atoms with van der Waals surface area (Å²) in [6.45, 7) is 0.360. The minimum atomic E-state index is -0.193. The maximum absolute atomic E-state index is 12.7. The van der Waals surface area contributed by atoms with Crippen LogP contribution < -0.4 is 5.73 Å². The molecule has 0 saturated carbocycles. The van der Waals surface area contributed by atoms with Crippen LogP contribution in [0.4, 0.5) is 5.69 Å².